The van der Waals surface area contributed by atoms with Gasteiger partial charge in [-0.15, -0.1) is 11.5 Å². The SMILES string of the molecule is O=C1C(/C=C/c2ccccc2[O-])CCC1/C=C/c1ccccc1[O-].[Na+].[Na+]. The first-order chi connectivity index (χ1) is 11.6. The van der Waals surface area contributed by atoms with Gasteiger partial charge in [0.15, 0.2) is 0 Å². The van der Waals surface area contributed by atoms with Gasteiger partial charge in [-0.25, -0.2) is 0 Å². The molecule has 0 amide bonds. The van der Waals surface area contributed by atoms with Crippen LogP contribution < -0.4 is 69.3 Å². The third-order valence-corrected chi connectivity index (χ3v) is 4.37. The van der Waals surface area contributed by atoms with Crippen LogP contribution >= 0.6 is 0 Å². The normalized spacial score (nSPS) is 19.5. The fourth-order valence-electron chi connectivity index (χ4n) is 2.98. The van der Waals surface area contributed by atoms with Crippen LogP contribution in [-0.4, -0.2) is 5.78 Å². The van der Waals surface area contributed by atoms with Crippen LogP contribution in [0.3, 0.4) is 0 Å². The predicted molar refractivity (Wildman–Crippen MR) is 91.1 cm³/mol. The molecule has 26 heavy (non-hydrogen) atoms. The average Bonchev–Trinajstić information content (AvgIpc) is 2.94. The van der Waals surface area contributed by atoms with Crippen molar-refractivity contribution in [3.05, 3.63) is 71.8 Å². The minimum atomic E-state index is -0.165. The zero-order chi connectivity index (χ0) is 16.9. The van der Waals surface area contributed by atoms with E-state index in [1.807, 2.05) is 24.3 Å². The van der Waals surface area contributed by atoms with E-state index in [1.165, 1.54) is 12.1 Å². The predicted octanol–water partition coefficient (Wildman–Crippen LogP) is -2.84. The Balaban J connectivity index is 0.00000169. The van der Waals surface area contributed by atoms with E-state index in [1.54, 1.807) is 36.4 Å². The Morgan fingerprint density at radius 3 is 1.50 bits per heavy atom. The topological polar surface area (TPSA) is 63.2 Å². The molecule has 1 fully saturated rings. The summed E-state index contributed by atoms with van der Waals surface area (Å²) in [6.45, 7) is 0. The monoisotopic (exact) mass is 364 g/mol. The standard InChI is InChI=1S/C21H20O3.2Na/c22-19-7-3-1-5-15(19)9-11-17-13-14-18(21(17)24)12-10-16-6-2-4-8-20(16)23;;/h1-12,17-18,22-23H,13-14H2;;/q;2*+1/p-2/b11-9+,12-10+;;. The average molecular weight is 364 g/mol. The minimum Gasteiger partial charge on any atom is -0.872 e. The van der Waals surface area contributed by atoms with Gasteiger partial charge in [0.25, 0.3) is 0 Å². The van der Waals surface area contributed by atoms with Crippen molar-refractivity contribution in [2.24, 2.45) is 11.8 Å². The Morgan fingerprint density at radius 1 is 0.731 bits per heavy atom. The van der Waals surface area contributed by atoms with E-state index in [0.29, 0.717) is 11.1 Å². The van der Waals surface area contributed by atoms with Crippen LogP contribution in [0.1, 0.15) is 24.0 Å². The van der Waals surface area contributed by atoms with Crippen LogP contribution in [0.5, 0.6) is 11.5 Å². The van der Waals surface area contributed by atoms with Crippen molar-refractivity contribution in [2.75, 3.05) is 0 Å². The fourth-order valence-corrected chi connectivity index (χ4v) is 2.98. The molecule has 2 aromatic rings. The van der Waals surface area contributed by atoms with Gasteiger partial charge in [-0.3, -0.25) is 4.79 Å². The molecule has 2 unspecified atom stereocenters. The van der Waals surface area contributed by atoms with Gasteiger partial charge in [-0.05, 0) is 24.0 Å². The molecule has 0 heterocycles. The summed E-state index contributed by atoms with van der Waals surface area (Å²) >= 11 is 0. The number of allylic oxidation sites excluding steroid dienone is 2. The Bertz CT molecular complexity index is 734. The smallest absolute Gasteiger partial charge is 0.872 e. The molecule has 0 aromatic heterocycles. The van der Waals surface area contributed by atoms with Gasteiger partial charge >= 0.3 is 59.1 Å². The van der Waals surface area contributed by atoms with Crippen LogP contribution in [0.2, 0.25) is 0 Å². The molecule has 1 aliphatic rings. The molecule has 5 heteroatoms. The molecule has 3 nitrogen and oxygen atoms in total. The molecule has 0 spiro atoms. The van der Waals surface area contributed by atoms with E-state index in [9.17, 15) is 15.0 Å². The van der Waals surface area contributed by atoms with Gasteiger partial charge in [-0.2, -0.15) is 0 Å². The summed E-state index contributed by atoms with van der Waals surface area (Å²) in [6, 6.07) is 13.6. The van der Waals surface area contributed by atoms with E-state index in [2.05, 4.69) is 0 Å². The number of rotatable bonds is 4. The minimum absolute atomic E-state index is 0. The molecular weight excluding hydrogens is 346 g/mol. The molecule has 1 saturated carbocycles. The first kappa shape index (κ1) is 23.2. The van der Waals surface area contributed by atoms with Crippen LogP contribution in [0.15, 0.2) is 60.7 Å². The van der Waals surface area contributed by atoms with Crippen LogP contribution in [-0.2, 0) is 4.79 Å². The van der Waals surface area contributed by atoms with Crippen LogP contribution in [0.4, 0.5) is 0 Å². The zero-order valence-corrected chi connectivity index (χ0v) is 19.2. The number of benzene rings is 2. The number of carbonyl (C=O) groups excluding carboxylic acids is 1. The van der Waals surface area contributed by atoms with Crippen molar-refractivity contribution in [1.82, 2.24) is 0 Å². The Kier molecular flexibility index (Phi) is 9.94. The molecule has 0 bridgehead atoms. The molecule has 122 valence electrons. The first-order valence-corrected chi connectivity index (χ1v) is 8.07. The van der Waals surface area contributed by atoms with E-state index in [4.69, 9.17) is 0 Å². The third kappa shape index (κ3) is 5.85. The maximum atomic E-state index is 12.5. The van der Waals surface area contributed by atoms with Crippen molar-refractivity contribution in [3.63, 3.8) is 0 Å². The number of hydrogen-bond donors (Lipinski definition) is 0. The van der Waals surface area contributed by atoms with Crippen LogP contribution in [0.25, 0.3) is 12.2 Å². The number of carbonyl (C=O) groups is 1. The molecule has 0 radical (unpaired) electrons. The van der Waals surface area contributed by atoms with Crippen molar-refractivity contribution < 1.29 is 74.1 Å². The number of ketones is 1. The molecule has 1 aliphatic carbocycles. The third-order valence-electron chi connectivity index (χ3n) is 4.37. The number of para-hydroxylation sites is 2. The molecule has 2 aromatic carbocycles. The Morgan fingerprint density at radius 2 is 1.12 bits per heavy atom. The second kappa shape index (κ2) is 11.1. The summed E-state index contributed by atoms with van der Waals surface area (Å²) < 4.78 is 0. The quantitative estimate of drug-likeness (QED) is 0.550. The van der Waals surface area contributed by atoms with Gasteiger partial charge in [0, 0.05) is 11.8 Å². The van der Waals surface area contributed by atoms with E-state index in [0.717, 1.165) is 12.8 Å². The summed E-state index contributed by atoms with van der Waals surface area (Å²) in [5.74, 6) is -0.261. The van der Waals surface area contributed by atoms with Crippen molar-refractivity contribution in [1.29, 1.82) is 0 Å². The fraction of sp³-hybridized carbons (Fsp3) is 0.190. The largest absolute Gasteiger partial charge is 1.00 e. The molecular formula is C21H18Na2O3. The summed E-state index contributed by atoms with van der Waals surface area (Å²) in [6.07, 6.45) is 8.67. The van der Waals surface area contributed by atoms with Gasteiger partial charge in [0.05, 0.1) is 0 Å². The van der Waals surface area contributed by atoms with Crippen molar-refractivity contribution in [2.45, 2.75) is 12.8 Å². The first-order valence-electron chi connectivity index (χ1n) is 8.07. The summed E-state index contributed by atoms with van der Waals surface area (Å²) in [7, 11) is 0. The molecule has 3 rings (SSSR count). The summed E-state index contributed by atoms with van der Waals surface area (Å²) in [5.41, 5.74) is 1.20. The number of hydrogen-bond acceptors (Lipinski definition) is 3. The summed E-state index contributed by atoms with van der Waals surface area (Å²) in [4.78, 5) is 12.5. The van der Waals surface area contributed by atoms with Gasteiger partial charge < -0.3 is 10.2 Å². The Labute approximate surface area is 198 Å². The summed E-state index contributed by atoms with van der Waals surface area (Å²) in [5, 5.41) is 23.4. The second-order valence-electron chi connectivity index (χ2n) is 5.99. The van der Waals surface area contributed by atoms with Crippen molar-refractivity contribution in [3.8, 4) is 11.5 Å². The Hall–Kier alpha value is -0.810. The van der Waals surface area contributed by atoms with E-state index < -0.39 is 0 Å². The number of Topliss-reactive ketones (excluding diaryl/α,β-unsaturated/α-hetero) is 1. The van der Waals surface area contributed by atoms with Crippen LogP contribution in [0, 0.1) is 11.8 Å². The zero-order valence-electron chi connectivity index (χ0n) is 15.2. The second-order valence-corrected chi connectivity index (χ2v) is 5.99. The maximum Gasteiger partial charge on any atom is 1.00 e. The van der Waals surface area contributed by atoms with E-state index >= 15 is 0 Å². The molecule has 0 saturated heterocycles. The van der Waals surface area contributed by atoms with Gasteiger partial charge in [0.1, 0.15) is 5.78 Å². The van der Waals surface area contributed by atoms with Gasteiger partial charge in [0.2, 0.25) is 0 Å². The molecule has 0 aliphatic heterocycles. The molecule has 2 atom stereocenters. The van der Waals surface area contributed by atoms with E-state index in [-0.39, 0.29) is 88.2 Å². The van der Waals surface area contributed by atoms with Gasteiger partial charge in [-0.1, -0.05) is 72.8 Å². The maximum absolute atomic E-state index is 12.5. The molecule has 0 N–H and O–H groups in total. The van der Waals surface area contributed by atoms with Crippen molar-refractivity contribution >= 4 is 17.9 Å².